The van der Waals surface area contributed by atoms with E-state index in [0.29, 0.717) is 0 Å². The predicted molar refractivity (Wildman–Crippen MR) is 48.5 cm³/mol. The Morgan fingerprint density at radius 3 is 3.09 bits per heavy atom. The zero-order valence-electron chi connectivity index (χ0n) is 6.06. The number of benzene rings is 1. The number of H-pyrrole nitrogens is 1. The molecule has 0 bridgehead atoms. The quantitative estimate of drug-likeness (QED) is 0.712. The van der Waals surface area contributed by atoms with Crippen molar-refractivity contribution in [3.8, 4) is 0 Å². The van der Waals surface area contributed by atoms with Crippen LogP contribution in [0.3, 0.4) is 0 Å². The molecule has 1 aromatic heterocycles. The third kappa shape index (κ3) is 1.16. The van der Waals surface area contributed by atoms with E-state index in [2.05, 4.69) is 45.0 Å². The topological polar surface area (TPSA) is 28.7 Å². The van der Waals surface area contributed by atoms with E-state index in [4.69, 9.17) is 0 Å². The summed E-state index contributed by atoms with van der Waals surface area (Å²) in [5.41, 5.74) is 3.32. The molecule has 0 spiro atoms. The summed E-state index contributed by atoms with van der Waals surface area (Å²) in [4.78, 5) is 7.33. The van der Waals surface area contributed by atoms with E-state index in [1.54, 1.807) is 0 Å². The largest absolute Gasteiger partial charge is 0.332 e. The zero-order chi connectivity index (χ0) is 7.84. The summed E-state index contributed by atoms with van der Waals surface area (Å²) in [6, 6.07) is 6.14. The smallest absolute Gasteiger partial charge is 0.175 e. The highest BCUT2D eigenvalue weighted by Crippen LogP contribution is 2.15. The zero-order valence-corrected chi connectivity index (χ0v) is 7.64. The van der Waals surface area contributed by atoms with Gasteiger partial charge in [0.1, 0.15) is 0 Å². The lowest BCUT2D eigenvalue weighted by Crippen LogP contribution is -1.71. The van der Waals surface area contributed by atoms with Crippen molar-refractivity contribution in [3.05, 3.63) is 28.5 Å². The molecule has 2 aromatic rings. The van der Waals surface area contributed by atoms with E-state index >= 15 is 0 Å². The minimum Gasteiger partial charge on any atom is -0.332 e. The van der Waals surface area contributed by atoms with E-state index in [-0.39, 0.29) is 0 Å². The van der Waals surface area contributed by atoms with Crippen molar-refractivity contribution in [2.75, 3.05) is 0 Å². The molecule has 0 aliphatic carbocycles. The highest BCUT2D eigenvalue weighted by atomic mass is 79.9. The molecule has 11 heavy (non-hydrogen) atoms. The van der Waals surface area contributed by atoms with Crippen molar-refractivity contribution >= 4 is 27.0 Å². The first-order valence-corrected chi connectivity index (χ1v) is 4.17. The molecule has 0 saturated heterocycles. The van der Waals surface area contributed by atoms with Gasteiger partial charge in [-0.15, -0.1) is 0 Å². The number of aromatic nitrogens is 2. The maximum absolute atomic E-state index is 4.24. The van der Waals surface area contributed by atoms with Crippen LogP contribution >= 0.6 is 15.9 Å². The van der Waals surface area contributed by atoms with Crippen molar-refractivity contribution in [3.63, 3.8) is 0 Å². The maximum Gasteiger partial charge on any atom is 0.175 e. The lowest BCUT2D eigenvalue weighted by Gasteiger charge is -1.88. The molecule has 56 valence electrons. The van der Waals surface area contributed by atoms with Crippen LogP contribution in [0.5, 0.6) is 0 Å². The second kappa shape index (κ2) is 2.34. The number of fused-ring (bicyclic) bond motifs is 1. The SMILES string of the molecule is Cc1ccc2[nH]c(Br)nc2c1. The second-order valence-electron chi connectivity index (χ2n) is 2.55. The van der Waals surface area contributed by atoms with Crippen LogP contribution in [0.15, 0.2) is 22.9 Å². The summed E-state index contributed by atoms with van der Waals surface area (Å²) in [6.07, 6.45) is 0. The fraction of sp³-hybridized carbons (Fsp3) is 0.125. The molecule has 1 aromatic carbocycles. The highest BCUT2D eigenvalue weighted by Gasteiger charge is 1.97. The highest BCUT2D eigenvalue weighted by molar-refractivity contribution is 9.10. The third-order valence-corrected chi connectivity index (χ3v) is 1.99. The lowest BCUT2D eigenvalue weighted by atomic mass is 10.2. The summed E-state index contributed by atoms with van der Waals surface area (Å²) < 4.78 is 0.790. The molecule has 0 aliphatic rings. The van der Waals surface area contributed by atoms with Crippen LogP contribution in [0, 0.1) is 6.92 Å². The molecule has 2 nitrogen and oxygen atoms in total. The lowest BCUT2D eigenvalue weighted by molar-refractivity contribution is 1.27. The summed E-state index contributed by atoms with van der Waals surface area (Å²) in [5.74, 6) is 0. The van der Waals surface area contributed by atoms with Crippen LogP contribution in [-0.2, 0) is 0 Å². The molecule has 1 N–H and O–H groups in total. The van der Waals surface area contributed by atoms with Crippen LogP contribution in [-0.4, -0.2) is 9.97 Å². The Bertz CT molecular complexity index is 392. The van der Waals surface area contributed by atoms with E-state index in [1.807, 2.05) is 6.07 Å². The standard InChI is InChI=1S/C8H7BrN2/c1-5-2-3-6-7(4-5)11-8(9)10-6/h2-4H,1H3,(H,10,11). The van der Waals surface area contributed by atoms with Crippen molar-refractivity contribution in [1.29, 1.82) is 0 Å². The van der Waals surface area contributed by atoms with Crippen LogP contribution in [0.1, 0.15) is 5.56 Å². The van der Waals surface area contributed by atoms with Gasteiger partial charge in [-0.25, -0.2) is 4.98 Å². The molecule has 0 saturated carbocycles. The van der Waals surface area contributed by atoms with Gasteiger partial charge in [-0.3, -0.25) is 0 Å². The first-order valence-electron chi connectivity index (χ1n) is 3.37. The first-order chi connectivity index (χ1) is 5.25. The van der Waals surface area contributed by atoms with Gasteiger partial charge in [-0.2, -0.15) is 0 Å². The molecular weight excluding hydrogens is 204 g/mol. The van der Waals surface area contributed by atoms with Gasteiger partial charge in [0.25, 0.3) is 0 Å². The van der Waals surface area contributed by atoms with Gasteiger partial charge in [0.05, 0.1) is 11.0 Å². The minimum atomic E-state index is 0.790. The third-order valence-electron chi connectivity index (χ3n) is 1.61. The van der Waals surface area contributed by atoms with Crippen molar-refractivity contribution < 1.29 is 0 Å². The van der Waals surface area contributed by atoms with Crippen LogP contribution in [0.4, 0.5) is 0 Å². The number of imidazole rings is 1. The Morgan fingerprint density at radius 2 is 2.27 bits per heavy atom. The van der Waals surface area contributed by atoms with Gasteiger partial charge >= 0.3 is 0 Å². The molecule has 3 heteroatoms. The number of hydrogen-bond donors (Lipinski definition) is 1. The number of aromatic amines is 1. The molecule has 1 heterocycles. The molecule has 0 atom stereocenters. The van der Waals surface area contributed by atoms with E-state index in [1.165, 1.54) is 5.56 Å². The van der Waals surface area contributed by atoms with Gasteiger partial charge in [-0.05, 0) is 40.5 Å². The van der Waals surface area contributed by atoms with Gasteiger partial charge in [-0.1, -0.05) is 6.07 Å². The minimum absolute atomic E-state index is 0.790. The van der Waals surface area contributed by atoms with E-state index < -0.39 is 0 Å². The molecule has 0 fully saturated rings. The predicted octanol–water partition coefficient (Wildman–Crippen LogP) is 2.63. The number of hydrogen-bond acceptors (Lipinski definition) is 1. The number of nitrogens with zero attached hydrogens (tertiary/aromatic N) is 1. The molecule has 0 unspecified atom stereocenters. The number of aryl methyl sites for hydroxylation is 1. The van der Waals surface area contributed by atoms with E-state index in [9.17, 15) is 0 Å². The Labute approximate surface area is 72.8 Å². The maximum atomic E-state index is 4.24. The van der Waals surface area contributed by atoms with E-state index in [0.717, 1.165) is 15.8 Å². The second-order valence-corrected chi connectivity index (χ2v) is 3.30. The number of nitrogens with one attached hydrogen (secondary N) is 1. The molecular formula is C8H7BrN2. The fourth-order valence-electron chi connectivity index (χ4n) is 1.08. The number of rotatable bonds is 0. The van der Waals surface area contributed by atoms with Crippen molar-refractivity contribution in [1.82, 2.24) is 9.97 Å². The summed E-state index contributed by atoms with van der Waals surface area (Å²) in [7, 11) is 0. The van der Waals surface area contributed by atoms with Crippen LogP contribution in [0.2, 0.25) is 0 Å². The molecule has 0 amide bonds. The Morgan fingerprint density at radius 1 is 1.45 bits per heavy atom. The average molecular weight is 211 g/mol. The molecule has 0 radical (unpaired) electrons. The first kappa shape index (κ1) is 6.85. The van der Waals surface area contributed by atoms with Gasteiger partial charge < -0.3 is 4.98 Å². The average Bonchev–Trinajstić information content (AvgIpc) is 2.27. The monoisotopic (exact) mass is 210 g/mol. The molecule has 2 rings (SSSR count). The fourth-order valence-corrected chi connectivity index (χ4v) is 1.49. The van der Waals surface area contributed by atoms with Gasteiger partial charge in [0.15, 0.2) is 4.73 Å². The Balaban J connectivity index is 2.82. The van der Waals surface area contributed by atoms with Crippen LogP contribution in [0.25, 0.3) is 11.0 Å². The summed E-state index contributed by atoms with van der Waals surface area (Å²) in [5, 5.41) is 0. The summed E-state index contributed by atoms with van der Waals surface area (Å²) in [6.45, 7) is 2.06. The molecule has 0 aliphatic heterocycles. The normalized spacial score (nSPS) is 10.7. The van der Waals surface area contributed by atoms with Crippen molar-refractivity contribution in [2.24, 2.45) is 0 Å². The van der Waals surface area contributed by atoms with Gasteiger partial charge in [0.2, 0.25) is 0 Å². The Hall–Kier alpha value is -0.830. The van der Waals surface area contributed by atoms with Crippen molar-refractivity contribution in [2.45, 2.75) is 6.92 Å². The summed E-state index contributed by atoms with van der Waals surface area (Å²) >= 11 is 3.28. The number of halogens is 1. The van der Waals surface area contributed by atoms with Crippen LogP contribution < -0.4 is 0 Å². The van der Waals surface area contributed by atoms with Gasteiger partial charge in [0, 0.05) is 0 Å². The Kier molecular flexibility index (Phi) is 1.46.